The Morgan fingerprint density at radius 1 is 1.00 bits per heavy atom. The number of carbonyl (C=O) groups excluding carboxylic acids is 2. The molecule has 136 valence electrons. The van der Waals surface area contributed by atoms with Crippen LogP contribution in [0, 0.1) is 13.7 Å². The number of fused-ring (bicyclic) bond motifs is 1. The lowest BCUT2D eigenvalue weighted by Crippen LogP contribution is -2.42. The molecule has 0 aromatic heterocycles. The number of rotatable bonds is 4. The van der Waals surface area contributed by atoms with Crippen molar-refractivity contribution in [3.63, 3.8) is 0 Å². The van der Waals surface area contributed by atoms with Gasteiger partial charge in [0.05, 0.1) is 16.9 Å². The molecule has 3 rings (SSSR count). The molecule has 7 nitrogen and oxygen atoms in total. The van der Waals surface area contributed by atoms with Crippen LogP contribution in [0.3, 0.4) is 0 Å². The van der Waals surface area contributed by atoms with E-state index in [1.807, 2.05) is 65.1 Å². The highest BCUT2D eigenvalue weighted by molar-refractivity contribution is 14.1. The summed E-state index contributed by atoms with van der Waals surface area (Å²) in [5.74, 6) is -1.01. The van der Waals surface area contributed by atoms with Crippen LogP contribution in [0.15, 0.2) is 60.7 Å². The Bertz CT molecular complexity index is 1050. The summed E-state index contributed by atoms with van der Waals surface area (Å²) in [6, 6.07) is 17.4. The normalized spacial score (nSPS) is 10.4. The minimum absolute atomic E-state index is 0.0909. The fourth-order valence-corrected chi connectivity index (χ4v) is 3.24. The fraction of sp³-hybridized carbons (Fsp3) is 0.0526. The average Bonchev–Trinajstić information content (AvgIpc) is 2.66. The molecule has 0 aliphatic heterocycles. The molecule has 3 aromatic rings. The van der Waals surface area contributed by atoms with Gasteiger partial charge in [-0.3, -0.25) is 30.6 Å². The minimum Gasteiger partial charge on any atom is -0.273 e. The van der Waals surface area contributed by atoms with Crippen LogP contribution in [-0.4, -0.2) is 16.7 Å². The quantitative estimate of drug-likeness (QED) is 0.343. The van der Waals surface area contributed by atoms with Gasteiger partial charge in [-0.1, -0.05) is 42.5 Å². The molecule has 0 saturated heterocycles. The van der Waals surface area contributed by atoms with Gasteiger partial charge in [-0.15, -0.1) is 0 Å². The monoisotopic (exact) mass is 475 g/mol. The van der Waals surface area contributed by atoms with Crippen LogP contribution in [0.2, 0.25) is 0 Å². The van der Waals surface area contributed by atoms with Gasteiger partial charge < -0.3 is 0 Å². The first-order valence-electron chi connectivity index (χ1n) is 7.95. The molecule has 0 aliphatic carbocycles. The Labute approximate surface area is 168 Å². The molecule has 0 unspecified atom stereocenters. The van der Waals surface area contributed by atoms with Crippen molar-refractivity contribution in [2.24, 2.45) is 0 Å². The SMILES string of the molecule is O=C(Cc1cccc2ccccc12)NNC(=O)c1cc([N+](=O)[O-])ccc1I. The van der Waals surface area contributed by atoms with Crippen molar-refractivity contribution >= 4 is 50.9 Å². The van der Waals surface area contributed by atoms with Crippen molar-refractivity contribution in [1.29, 1.82) is 0 Å². The maximum Gasteiger partial charge on any atom is 0.271 e. The molecule has 2 amide bonds. The number of nitro groups is 1. The molecular weight excluding hydrogens is 461 g/mol. The number of hydrogen-bond donors (Lipinski definition) is 2. The zero-order chi connectivity index (χ0) is 19.4. The second-order valence-corrected chi connectivity index (χ2v) is 6.90. The smallest absolute Gasteiger partial charge is 0.271 e. The first kappa shape index (κ1) is 18.8. The Morgan fingerprint density at radius 3 is 2.52 bits per heavy atom. The van der Waals surface area contributed by atoms with Gasteiger partial charge in [-0.25, -0.2) is 0 Å². The largest absolute Gasteiger partial charge is 0.273 e. The number of amides is 2. The Balaban J connectivity index is 1.68. The number of nitrogens with zero attached hydrogens (tertiary/aromatic N) is 1. The highest BCUT2D eigenvalue weighted by Crippen LogP contribution is 2.20. The lowest BCUT2D eigenvalue weighted by Gasteiger charge is -2.10. The van der Waals surface area contributed by atoms with E-state index in [1.54, 1.807) is 0 Å². The van der Waals surface area contributed by atoms with Crippen molar-refractivity contribution < 1.29 is 14.5 Å². The summed E-state index contributed by atoms with van der Waals surface area (Å²) in [4.78, 5) is 34.8. The molecule has 8 heteroatoms. The highest BCUT2D eigenvalue weighted by atomic mass is 127. The van der Waals surface area contributed by atoms with Gasteiger partial charge in [0, 0.05) is 15.7 Å². The number of nitrogens with one attached hydrogen (secondary N) is 2. The first-order chi connectivity index (χ1) is 13.0. The molecular formula is C19H14IN3O4. The van der Waals surface area contributed by atoms with Crippen molar-refractivity contribution in [2.45, 2.75) is 6.42 Å². The maximum absolute atomic E-state index is 12.3. The van der Waals surface area contributed by atoms with Crippen LogP contribution in [0.25, 0.3) is 10.8 Å². The summed E-state index contributed by atoms with van der Waals surface area (Å²) in [7, 11) is 0. The summed E-state index contributed by atoms with van der Waals surface area (Å²) in [5.41, 5.74) is 5.43. The average molecular weight is 475 g/mol. The molecule has 3 aromatic carbocycles. The molecule has 0 bridgehead atoms. The molecule has 0 radical (unpaired) electrons. The minimum atomic E-state index is -0.616. The van der Waals surface area contributed by atoms with Crippen molar-refractivity contribution in [2.75, 3.05) is 0 Å². The van der Waals surface area contributed by atoms with E-state index in [0.717, 1.165) is 16.3 Å². The number of halogens is 1. The third kappa shape index (κ3) is 4.40. The van der Waals surface area contributed by atoms with Crippen molar-refractivity contribution in [3.05, 3.63) is 85.5 Å². The predicted molar refractivity (Wildman–Crippen MR) is 109 cm³/mol. The van der Waals surface area contributed by atoms with E-state index in [0.29, 0.717) is 3.57 Å². The molecule has 0 atom stereocenters. The van der Waals surface area contributed by atoms with Gasteiger partial charge in [-0.2, -0.15) is 0 Å². The van der Waals surface area contributed by atoms with Crippen LogP contribution in [0.5, 0.6) is 0 Å². The van der Waals surface area contributed by atoms with Gasteiger partial charge in [0.1, 0.15) is 0 Å². The zero-order valence-corrected chi connectivity index (χ0v) is 16.1. The topological polar surface area (TPSA) is 101 Å². The van der Waals surface area contributed by atoms with Gasteiger partial charge >= 0.3 is 0 Å². The third-order valence-electron chi connectivity index (χ3n) is 3.95. The van der Waals surface area contributed by atoms with Crippen molar-refractivity contribution in [1.82, 2.24) is 10.9 Å². The van der Waals surface area contributed by atoms with Gasteiger partial charge in [0.15, 0.2) is 0 Å². The summed E-state index contributed by atoms with van der Waals surface area (Å²) in [6.45, 7) is 0. The van der Waals surface area contributed by atoms with Crippen LogP contribution >= 0.6 is 22.6 Å². The summed E-state index contributed by atoms with van der Waals surface area (Å²) in [5, 5.41) is 12.9. The number of nitro benzene ring substituents is 1. The van der Waals surface area contributed by atoms with Crippen LogP contribution in [-0.2, 0) is 11.2 Å². The Kier molecular flexibility index (Phi) is 5.65. The van der Waals surface area contributed by atoms with E-state index in [1.165, 1.54) is 18.2 Å². The summed E-state index contributed by atoms with van der Waals surface area (Å²) in [6.07, 6.45) is 0.0909. The molecule has 27 heavy (non-hydrogen) atoms. The summed E-state index contributed by atoms with van der Waals surface area (Å²) < 4.78 is 0.541. The van der Waals surface area contributed by atoms with Crippen LogP contribution in [0.4, 0.5) is 5.69 Å². The lowest BCUT2D eigenvalue weighted by atomic mass is 10.0. The standard InChI is InChI=1S/C19H14IN3O4/c20-17-9-8-14(23(26)27)11-16(17)19(25)22-21-18(24)10-13-6-3-5-12-4-1-2-7-15(12)13/h1-9,11H,10H2,(H,21,24)(H,22,25). The zero-order valence-electron chi connectivity index (χ0n) is 13.9. The van der Waals surface area contributed by atoms with E-state index in [4.69, 9.17) is 0 Å². The third-order valence-corrected chi connectivity index (χ3v) is 4.89. The lowest BCUT2D eigenvalue weighted by molar-refractivity contribution is -0.384. The maximum atomic E-state index is 12.3. The number of hydrazine groups is 1. The van der Waals surface area contributed by atoms with Crippen LogP contribution in [0.1, 0.15) is 15.9 Å². The Hall–Kier alpha value is -3.01. The number of carbonyl (C=O) groups is 2. The molecule has 0 aliphatic rings. The van der Waals surface area contributed by atoms with Gasteiger partial charge in [0.2, 0.25) is 5.91 Å². The molecule has 0 heterocycles. The first-order valence-corrected chi connectivity index (χ1v) is 9.03. The van der Waals surface area contributed by atoms with E-state index >= 15 is 0 Å². The highest BCUT2D eigenvalue weighted by Gasteiger charge is 2.16. The van der Waals surface area contributed by atoms with Gasteiger partial charge in [-0.05, 0) is 45.0 Å². The second kappa shape index (κ2) is 8.12. The number of hydrogen-bond acceptors (Lipinski definition) is 4. The molecule has 2 N–H and O–H groups in total. The fourth-order valence-electron chi connectivity index (χ4n) is 2.66. The molecule has 0 saturated carbocycles. The van der Waals surface area contributed by atoms with Crippen LogP contribution < -0.4 is 10.9 Å². The summed E-state index contributed by atoms with van der Waals surface area (Å²) >= 11 is 1.90. The predicted octanol–water partition coefficient (Wildman–Crippen LogP) is 3.36. The Morgan fingerprint density at radius 2 is 1.74 bits per heavy atom. The van der Waals surface area contributed by atoms with E-state index in [9.17, 15) is 19.7 Å². The number of benzene rings is 3. The van der Waals surface area contributed by atoms with E-state index in [-0.39, 0.29) is 23.6 Å². The number of non-ortho nitro benzene ring substituents is 1. The molecule has 0 spiro atoms. The van der Waals surface area contributed by atoms with E-state index in [2.05, 4.69) is 10.9 Å². The second-order valence-electron chi connectivity index (χ2n) is 5.74. The van der Waals surface area contributed by atoms with Gasteiger partial charge in [0.25, 0.3) is 11.6 Å². The van der Waals surface area contributed by atoms with Crippen molar-refractivity contribution in [3.8, 4) is 0 Å². The molecule has 0 fully saturated rings. The van der Waals surface area contributed by atoms with E-state index < -0.39 is 10.8 Å².